The van der Waals surface area contributed by atoms with Crippen molar-refractivity contribution in [2.24, 2.45) is 4.99 Å². The standard InChI is InChI=1S/C26H44N4O2/c1-3-27-26(30-16-12-25(13-17-30)32-19-9-18-31-2)28-21-23-10-8-11-24(20-23)22-29-14-6-4-5-7-15-29/h8,10-11,20,25H,3-7,9,12-19,21-22H2,1-2H3,(H,27,28). The molecule has 1 aromatic rings. The van der Waals surface area contributed by atoms with E-state index in [1.165, 1.54) is 49.9 Å². The summed E-state index contributed by atoms with van der Waals surface area (Å²) in [6.07, 6.45) is 8.89. The average molecular weight is 445 g/mol. The molecule has 2 fully saturated rings. The molecule has 3 rings (SSSR count). The summed E-state index contributed by atoms with van der Waals surface area (Å²) in [5, 5.41) is 3.49. The molecule has 2 heterocycles. The first-order valence-corrected chi connectivity index (χ1v) is 12.7. The fraction of sp³-hybridized carbons (Fsp3) is 0.731. The summed E-state index contributed by atoms with van der Waals surface area (Å²) in [6.45, 7) is 10.8. The Hall–Kier alpha value is -1.63. The Kier molecular flexibility index (Phi) is 11.3. The van der Waals surface area contributed by atoms with Gasteiger partial charge >= 0.3 is 0 Å². The molecule has 2 aliphatic heterocycles. The number of benzene rings is 1. The van der Waals surface area contributed by atoms with Gasteiger partial charge in [-0.25, -0.2) is 4.99 Å². The van der Waals surface area contributed by atoms with Crippen LogP contribution >= 0.6 is 0 Å². The summed E-state index contributed by atoms with van der Waals surface area (Å²) >= 11 is 0. The van der Waals surface area contributed by atoms with Gasteiger partial charge in [0, 0.05) is 46.5 Å². The summed E-state index contributed by atoms with van der Waals surface area (Å²) in [4.78, 5) is 9.98. The molecule has 0 radical (unpaired) electrons. The average Bonchev–Trinajstić information content (AvgIpc) is 3.09. The first kappa shape index (κ1) is 25.0. The predicted molar refractivity (Wildman–Crippen MR) is 132 cm³/mol. The highest BCUT2D eigenvalue weighted by molar-refractivity contribution is 5.80. The normalized spacial score (nSPS) is 19.2. The number of ether oxygens (including phenoxy) is 2. The van der Waals surface area contributed by atoms with Crippen LogP contribution in [0.5, 0.6) is 0 Å². The maximum Gasteiger partial charge on any atom is 0.194 e. The third kappa shape index (κ3) is 8.72. The molecular weight excluding hydrogens is 400 g/mol. The summed E-state index contributed by atoms with van der Waals surface area (Å²) in [5.74, 6) is 1.03. The molecule has 2 aliphatic rings. The van der Waals surface area contributed by atoms with Gasteiger partial charge in [-0.15, -0.1) is 0 Å². The van der Waals surface area contributed by atoms with E-state index >= 15 is 0 Å². The second-order valence-electron chi connectivity index (χ2n) is 9.08. The molecule has 0 unspecified atom stereocenters. The molecule has 32 heavy (non-hydrogen) atoms. The van der Waals surface area contributed by atoms with Crippen molar-refractivity contribution < 1.29 is 9.47 Å². The molecule has 0 aliphatic carbocycles. The summed E-state index contributed by atoms with van der Waals surface area (Å²) in [7, 11) is 1.74. The summed E-state index contributed by atoms with van der Waals surface area (Å²) in [6, 6.07) is 9.01. The van der Waals surface area contributed by atoms with E-state index in [4.69, 9.17) is 14.5 Å². The van der Waals surface area contributed by atoms with E-state index in [0.717, 1.165) is 71.2 Å². The van der Waals surface area contributed by atoms with E-state index in [-0.39, 0.29) is 0 Å². The largest absolute Gasteiger partial charge is 0.385 e. The molecular formula is C26H44N4O2. The molecule has 6 heteroatoms. The Morgan fingerprint density at radius 3 is 2.50 bits per heavy atom. The van der Waals surface area contributed by atoms with Crippen molar-refractivity contribution in [1.29, 1.82) is 0 Å². The SMILES string of the molecule is CCNC(=NCc1cccc(CN2CCCCCC2)c1)N1CCC(OCCCOC)CC1. The fourth-order valence-corrected chi connectivity index (χ4v) is 4.66. The van der Waals surface area contributed by atoms with Crippen LogP contribution in [0, 0.1) is 0 Å². The number of methoxy groups -OCH3 is 1. The maximum atomic E-state index is 6.01. The molecule has 0 bridgehead atoms. The summed E-state index contributed by atoms with van der Waals surface area (Å²) < 4.78 is 11.1. The third-order valence-electron chi connectivity index (χ3n) is 6.43. The molecule has 0 aromatic heterocycles. The zero-order chi connectivity index (χ0) is 22.4. The number of aliphatic imine (C=N–C) groups is 1. The Morgan fingerprint density at radius 2 is 1.78 bits per heavy atom. The van der Waals surface area contributed by atoms with Crippen LogP contribution in [-0.2, 0) is 22.6 Å². The van der Waals surface area contributed by atoms with E-state index in [2.05, 4.69) is 46.3 Å². The van der Waals surface area contributed by atoms with Crippen molar-refractivity contribution in [1.82, 2.24) is 15.1 Å². The first-order valence-electron chi connectivity index (χ1n) is 12.7. The van der Waals surface area contributed by atoms with Crippen LogP contribution in [0.2, 0.25) is 0 Å². The topological polar surface area (TPSA) is 49.3 Å². The highest BCUT2D eigenvalue weighted by atomic mass is 16.5. The molecule has 6 nitrogen and oxygen atoms in total. The van der Waals surface area contributed by atoms with E-state index in [1.54, 1.807) is 7.11 Å². The van der Waals surface area contributed by atoms with Gasteiger partial charge in [0.25, 0.3) is 0 Å². The molecule has 1 aromatic carbocycles. The quantitative estimate of drug-likeness (QED) is 0.335. The number of nitrogens with one attached hydrogen (secondary N) is 1. The monoisotopic (exact) mass is 444 g/mol. The van der Waals surface area contributed by atoms with Gasteiger partial charge in [-0.3, -0.25) is 4.90 Å². The number of guanidine groups is 1. The lowest BCUT2D eigenvalue weighted by molar-refractivity contribution is 0.00990. The molecule has 0 saturated carbocycles. The molecule has 0 amide bonds. The Bertz CT molecular complexity index is 666. The van der Waals surface area contributed by atoms with Crippen LogP contribution in [0.15, 0.2) is 29.3 Å². The van der Waals surface area contributed by atoms with Crippen molar-refractivity contribution in [2.45, 2.75) is 71.1 Å². The van der Waals surface area contributed by atoms with E-state index < -0.39 is 0 Å². The fourth-order valence-electron chi connectivity index (χ4n) is 4.66. The van der Waals surface area contributed by atoms with Crippen molar-refractivity contribution >= 4 is 5.96 Å². The number of likely N-dealkylation sites (tertiary alicyclic amines) is 2. The predicted octanol–water partition coefficient (Wildman–Crippen LogP) is 4.05. The minimum Gasteiger partial charge on any atom is -0.385 e. The lowest BCUT2D eigenvalue weighted by Crippen LogP contribution is -2.47. The zero-order valence-electron chi connectivity index (χ0n) is 20.4. The summed E-state index contributed by atoms with van der Waals surface area (Å²) in [5.41, 5.74) is 2.71. The van der Waals surface area contributed by atoms with Crippen molar-refractivity contribution in [3.8, 4) is 0 Å². The smallest absolute Gasteiger partial charge is 0.194 e. The van der Waals surface area contributed by atoms with Crippen LogP contribution in [0.4, 0.5) is 0 Å². The van der Waals surface area contributed by atoms with E-state index in [1.807, 2.05) is 0 Å². The van der Waals surface area contributed by atoms with Crippen LogP contribution < -0.4 is 5.32 Å². The van der Waals surface area contributed by atoms with Crippen LogP contribution in [0.25, 0.3) is 0 Å². The van der Waals surface area contributed by atoms with Gasteiger partial charge in [0.15, 0.2) is 5.96 Å². The highest BCUT2D eigenvalue weighted by Gasteiger charge is 2.21. The number of hydrogen-bond donors (Lipinski definition) is 1. The Balaban J connectivity index is 1.50. The minimum absolute atomic E-state index is 0.363. The van der Waals surface area contributed by atoms with E-state index in [9.17, 15) is 0 Å². The van der Waals surface area contributed by atoms with Gasteiger partial charge < -0.3 is 19.7 Å². The van der Waals surface area contributed by atoms with Crippen molar-refractivity contribution in [3.63, 3.8) is 0 Å². The second kappa shape index (κ2) is 14.5. The zero-order valence-corrected chi connectivity index (χ0v) is 20.4. The van der Waals surface area contributed by atoms with Crippen LogP contribution in [0.3, 0.4) is 0 Å². The molecule has 1 N–H and O–H groups in total. The molecule has 2 saturated heterocycles. The highest BCUT2D eigenvalue weighted by Crippen LogP contribution is 2.16. The lowest BCUT2D eigenvalue weighted by Gasteiger charge is -2.34. The van der Waals surface area contributed by atoms with Crippen molar-refractivity contribution in [3.05, 3.63) is 35.4 Å². The Labute approximate surface area is 195 Å². The minimum atomic E-state index is 0.363. The lowest BCUT2D eigenvalue weighted by atomic mass is 10.1. The number of rotatable bonds is 10. The third-order valence-corrected chi connectivity index (χ3v) is 6.43. The number of piperidine rings is 1. The van der Waals surface area contributed by atoms with E-state index in [0.29, 0.717) is 6.10 Å². The molecule has 180 valence electrons. The van der Waals surface area contributed by atoms with Gasteiger partial charge in [-0.2, -0.15) is 0 Å². The van der Waals surface area contributed by atoms with Crippen LogP contribution in [0.1, 0.15) is 63.0 Å². The first-order chi connectivity index (χ1) is 15.8. The second-order valence-corrected chi connectivity index (χ2v) is 9.08. The molecule has 0 atom stereocenters. The van der Waals surface area contributed by atoms with Gasteiger partial charge in [0.1, 0.15) is 0 Å². The van der Waals surface area contributed by atoms with Gasteiger partial charge in [-0.05, 0) is 63.2 Å². The molecule has 0 spiro atoms. The van der Waals surface area contributed by atoms with Crippen molar-refractivity contribution in [2.75, 3.05) is 53.0 Å². The van der Waals surface area contributed by atoms with Gasteiger partial charge in [0.2, 0.25) is 0 Å². The maximum absolute atomic E-state index is 6.01. The Morgan fingerprint density at radius 1 is 1.03 bits per heavy atom. The van der Waals surface area contributed by atoms with Gasteiger partial charge in [0.05, 0.1) is 12.6 Å². The number of nitrogens with zero attached hydrogens (tertiary/aromatic N) is 3. The number of hydrogen-bond acceptors (Lipinski definition) is 4. The van der Waals surface area contributed by atoms with Crippen LogP contribution in [-0.4, -0.2) is 74.9 Å². The van der Waals surface area contributed by atoms with Gasteiger partial charge in [-0.1, -0.05) is 37.1 Å².